The van der Waals surface area contributed by atoms with Crippen LogP contribution in [0.3, 0.4) is 0 Å². The molecule has 1 heterocycles. The Balaban J connectivity index is 1.49. The Bertz CT molecular complexity index is 892. The minimum atomic E-state index is -0.0223. The SMILES string of the molecule is C[C@@]12CCC(SN3CCCC3)CC1CCc1c(F)ccc(-c3ccc(Cl)cc3)c12. The first kappa shape index (κ1) is 19.9. The lowest BCUT2D eigenvalue weighted by molar-refractivity contribution is 0.180. The number of halogens is 2. The lowest BCUT2D eigenvalue weighted by Crippen LogP contribution is -2.43. The van der Waals surface area contributed by atoms with Crippen molar-refractivity contribution in [3.63, 3.8) is 0 Å². The molecule has 2 unspecified atom stereocenters. The van der Waals surface area contributed by atoms with Crippen LogP contribution in [-0.2, 0) is 11.8 Å². The van der Waals surface area contributed by atoms with E-state index in [0.29, 0.717) is 5.92 Å². The summed E-state index contributed by atoms with van der Waals surface area (Å²) in [5.41, 5.74) is 4.66. The van der Waals surface area contributed by atoms with E-state index in [1.165, 1.54) is 49.9 Å². The predicted octanol–water partition coefficient (Wildman–Crippen LogP) is 7.26. The van der Waals surface area contributed by atoms with E-state index in [1.54, 1.807) is 6.07 Å². The standard InChI is InChI=1S/C25H29ClFNS/c1-25-13-12-20(29-28-14-2-3-15-28)16-18(25)6-9-22-23(27)11-10-21(24(22)25)17-4-7-19(26)8-5-17/h4-5,7-8,10-11,18,20H,2-3,6,9,12-16H2,1H3/t18?,20?,25-/m1/s1. The van der Waals surface area contributed by atoms with Gasteiger partial charge in [-0.3, -0.25) is 4.31 Å². The van der Waals surface area contributed by atoms with Gasteiger partial charge < -0.3 is 0 Å². The Labute approximate surface area is 183 Å². The molecule has 0 spiro atoms. The zero-order chi connectivity index (χ0) is 20.0. The first-order chi connectivity index (χ1) is 14.0. The molecule has 154 valence electrons. The molecular weight excluding hydrogens is 401 g/mol. The molecular formula is C25H29ClFNS. The Morgan fingerprint density at radius 3 is 2.59 bits per heavy atom. The summed E-state index contributed by atoms with van der Waals surface area (Å²) >= 11 is 8.24. The fraction of sp³-hybridized carbons (Fsp3) is 0.520. The van der Waals surface area contributed by atoms with Crippen molar-refractivity contribution in [1.82, 2.24) is 4.31 Å². The van der Waals surface area contributed by atoms with Gasteiger partial charge in [-0.05, 0) is 96.7 Å². The van der Waals surface area contributed by atoms with Gasteiger partial charge in [-0.15, -0.1) is 0 Å². The molecule has 2 aliphatic carbocycles. The van der Waals surface area contributed by atoms with E-state index in [-0.39, 0.29) is 11.2 Å². The van der Waals surface area contributed by atoms with E-state index in [1.807, 2.05) is 18.2 Å². The monoisotopic (exact) mass is 429 g/mol. The molecule has 0 amide bonds. The second-order valence-corrected chi connectivity index (χ2v) is 11.1. The van der Waals surface area contributed by atoms with Gasteiger partial charge in [0.1, 0.15) is 5.82 Å². The van der Waals surface area contributed by atoms with Crippen molar-refractivity contribution in [1.29, 1.82) is 0 Å². The normalized spacial score (nSPS) is 29.5. The highest BCUT2D eigenvalue weighted by Crippen LogP contribution is 2.55. The summed E-state index contributed by atoms with van der Waals surface area (Å²) in [6.45, 7) is 4.90. The largest absolute Gasteiger partial charge is 0.250 e. The molecule has 29 heavy (non-hydrogen) atoms. The van der Waals surface area contributed by atoms with E-state index in [0.717, 1.165) is 40.7 Å². The van der Waals surface area contributed by atoms with Crippen LogP contribution in [0.1, 0.15) is 56.6 Å². The molecule has 3 atom stereocenters. The van der Waals surface area contributed by atoms with Gasteiger partial charge in [0, 0.05) is 23.4 Å². The van der Waals surface area contributed by atoms with Crippen molar-refractivity contribution < 1.29 is 4.39 Å². The molecule has 2 aromatic carbocycles. The number of hydrogen-bond acceptors (Lipinski definition) is 2. The topological polar surface area (TPSA) is 3.24 Å². The van der Waals surface area contributed by atoms with E-state index in [2.05, 4.69) is 35.3 Å². The van der Waals surface area contributed by atoms with Gasteiger partial charge >= 0.3 is 0 Å². The maximum Gasteiger partial charge on any atom is 0.126 e. The molecule has 1 nitrogen and oxygen atoms in total. The Morgan fingerprint density at radius 2 is 1.83 bits per heavy atom. The summed E-state index contributed by atoms with van der Waals surface area (Å²) < 4.78 is 17.5. The minimum Gasteiger partial charge on any atom is -0.250 e. The van der Waals surface area contributed by atoms with E-state index in [4.69, 9.17) is 11.6 Å². The Hall–Kier alpha value is -1.03. The number of benzene rings is 2. The number of nitrogens with zero attached hydrogens (tertiary/aromatic N) is 1. The van der Waals surface area contributed by atoms with Gasteiger partial charge in [0.2, 0.25) is 0 Å². The van der Waals surface area contributed by atoms with Crippen LogP contribution >= 0.6 is 23.5 Å². The van der Waals surface area contributed by atoms with Crippen LogP contribution in [-0.4, -0.2) is 22.6 Å². The maximum atomic E-state index is 14.9. The van der Waals surface area contributed by atoms with Gasteiger partial charge in [0.15, 0.2) is 0 Å². The quantitative estimate of drug-likeness (QED) is 0.472. The molecule has 3 aliphatic rings. The lowest BCUT2D eigenvalue weighted by Gasteiger charge is -2.49. The van der Waals surface area contributed by atoms with Crippen molar-refractivity contribution >= 4 is 23.5 Å². The molecule has 5 rings (SSSR count). The molecule has 1 aliphatic heterocycles. The van der Waals surface area contributed by atoms with Crippen LogP contribution < -0.4 is 0 Å². The maximum absolute atomic E-state index is 14.9. The van der Waals surface area contributed by atoms with E-state index in [9.17, 15) is 4.39 Å². The molecule has 4 heteroatoms. The van der Waals surface area contributed by atoms with Crippen LogP contribution in [0.5, 0.6) is 0 Å². The van der Waals surface area contributed by atoms with Gasteiger partial charge in [0.25, 0.3) is 0 Å². The van der Waals surface area contributed by atoms with Gasteiger partial charge in [-0.1, -0.05) is 48.7 Å². The zero-order valence-corrected chi connectivity index (χ0v) is 18.7. The Morgan fingerprint density at radius 1 is 1.07 bits per heavy atom. The van der Waals surface area contributed by atoms with Crippen molar-refractivity contribution in [2.45, 2.75) is 62.5 Å². The molecule has 0 bridgehead atoms. The second kappa shape index (κ2) is 7.90. The highest BCUT2D eigenvalue weighted by molar-refractivity contribution is 7.97. The highest BCUT2D eigenvalue weighted by Gasteiger charge is 2.46. The summed E-state index contributed by atoms with van der Waals surface area (Å²) in [6, 6.07) is 11.7. The molecule has 1 saturated carbocycles. The minimum absolute atomic E-state index is 0.0223. The molecule has 0 radical (unpaired) electrons. The highest BCUT2D eigenvalue weighted by atomic mass is 35.5. The van der Waals surface area contributed by atoms with Crippen LogP contribution in [0.2, 0.25) is 5.02 Å². The van der Waals surface area contributed by atoms with Crippen molar-refractivity contribution in [2.75, 3.05) is 13.1 Å². The average Bonchev–Trinajstić information content (AvgIpc) is 3.23. The fourth-order valence-electron chi connectivity index (χ4n) is 5.93. The van der Waals surface area contributed by atoms with Crippen LogP contribution in [0.15, 0.2) is 36.4 Å². The predicted molar refractivity (Wildman–Crippen MR) is 122 cm³/mol. The Kier molecular flexibility index (Phi) is 5.43. The number of hydrogen-bond donors (Lipinski definition) is 0. The van der Waals surface area contributed by atoms with Gasteiger partial charge in [0.05, 0.1) is 0 Å². The third-order valence-corrected chi connectivity index (χ3v) is 9.16. The van der Waals surface area contributed by atoms with Crippen LogP contribution in [0.4, 0.5) is 4.39 Å². The fourth-order valence-corrected chi connectivity index (χ4v) is 7.49. The van der Waals surface area contributed by atoms with Crippen molar-refractivity contribution in [3.05, 3.63) is 58.4 Å². The molecule has 2 aromatic rings. The zero-order valence-electron chi connectivity index (χ0n) is 17.1. The first-order valence-electron chi connectivity index (χ1n) is 11.0. The number of fused-ring (bicyclic) bond motifs is 3. The molecule has 2 fully saturated rings. The summed E-state index contributed by atoms with van der Waals surface area (Å²) in [5, 5.41) is 1.47. The van der Waals surface area contributed by atoms with Gasteiger partial charge in [-0.2, -0.15) is 0 Å². The second-order valence-electron chi connectivity index (χ2n) is 9.25. The third kappa shape index (κ3) is 3.64. The molecule has 0 N–H and O–H groups in total. The summed E-state index contributed by atoms with van der Waals surface area (Å²) in [7, 11) is 0. The summed E-state index contributed by atoms with van der Waals surface area (Å²) in [6.07, 6.45) is 8.31. The van der Waals surface area contributed by atoms with Crippen LogP contribution in [0, 0.1) is 11.7 Å². The van der Waals surface area contributed by atoms with Crippen molar-refractivity contribution in [3.8, 4) is 11.1 Å². The average molecular weight is 430 g/mol. The summed E-state index contributed by atoms with van der Waals surface area (Å²) in [4.78, 5) is 0. The van der Waals surface area contributed by atoms with E-state index < -0.39 is 0 Å². The van der Waals surface area contributed by atoms with Crippen LogP contribution in [0.25, 0.3) is 11.1 Å². The van der Waals surface area contributed by atoms with Crippen molar-refractivity contribution in [2.24, 2.45) is 5.92 Å². The van der Waals surface area contributed by atoms with E-state index >= 15 is 0 Å². The lowest BCUT2D eigenvalue weighted by atomic mass is 9.57. The smallest absolute Gasteiger partial charge is 0.126 e. The van der Waals surface area contributed by atoms with Gasteiger partial charge in [-0.25, -0.2) is 4.39 Å². The molecule has 1 saturated heterocycles. The third-order valence-electron chi connectivity index (χ3n) is 7.52. The number of rotatable bonds is 3. The first-order valence-corrected chi connectivity index (χ1v) is 12.3. The molecule has 0 aromatic heterocycles. The summed E-state index contributed by atoms with van der Waals surface area (Å²) in [5.74, 6) is 0.614.